The third-order valence-electron chi connectivity index (χ3n) is 3.91. The monoisotopic (exact) mass is 306 g/mol. The Balaban J connectivity index is 1.37. The molecule has 0 aliphatic carbocycles. The van der Waals surface area contributed by atoms with Crippen LogP contribution in [0.1, 0.15) is 11.1 Å². The normalized spacial score (nSPS) is 24.4. The van der Waals surface area contributed by atoms with Gasteiger partial charge in [-0.3, -0.25) is 0 Å². The van der Waals surface area contributed by atoms with Crippen LogP contribution in [0.25, 0.3) is 0 Å². The minimum Gasteiger partial charge on any atom is -0.376 e. The molecule has 0 spiro atoms. The van der Waals surface area contributed by atoms with Crippen LogP contribution in [0.5, 0.6) is 0 Å². The molecule has 2 aliphatic heterocycles. The maximum absolute atomic E-state index is 11.8. The summed E-state index contributed by atoms with van der Waals surface area (Å²) < 4.78 is 16.5. The maximum Gasteiger partial charge on any atom is 0.314 e. The molecule has 1 aromatic rings. The van der Waals surface area contributed by atoms with Gasteiger partial charge in [0.05, 0.1) is 38.6 Å². The number of carbonyl (C=O) groups is 1. The highest BCUT2D eigenvalue weighted by atomic mass is 16.6. The number of ether oxygens (including phenoxy) is 3. The van der Waals surface area contributed by atoms with Gasteiger partial charge in [0.25, 0.3) is 0 Å². The SMILES string of the molecule is O=C(NCC1COCCO1)NC[C@@H]1Cc2ccccc2CO1. The summed E-state index contributed by atoms with van der Waals surface area (Å²) in [7, 11) is 0. The fourth-order valence-corrected chi connectivity index (χ4v) is 2.67. The van der Waals surface area contributed by atoms with Crippen molar-refractivity contribution in [3.05, 3.63) is 35.4 Å². The molecule has 0 saturated carbocycles. The first-order valence-corrected chi connectivity index (χ1v) is 7.70. The van der Waals surface area contributed by atoms with Crippen molar-refractivity contribution in [3.63, 3.8) is 0 Å². The van der Waals surface area contributed by atoms with E-state index in [0.717, 1.165) is 6.42 Å². The number of amides is 2. The van der Waals surface area contributed by atoms with E-state index >= 15 is 0 Å². The first kappa shape index (κ1) is 15.3. The van der Waals surface area contributed by atoms with Crippen LogP contribution in [0.4, 0.5) is 4.79 Å². The van der Waals surface area contributed by atoms with Crippen LogP contribution in [0.2, 0.25) is 0 Å². The summed E-state index contributed by atoms with van der Waals surface area (Å²) in [4.78, 5) is 11.8. The Bertz CT molecular complexity index is 503. The second-order valence-corrected chi connectivity index (χ2v) is 5.56. The number of nitrogens with one attached hydrogen (secondary N) is 2. The first-order valence-electron chi connectivity index (χ1n) is 7.70. The first-order chi connectivity index (χ1) is 10.8. The molecule has 2 aliphatic rings. The molecule has 0 bridgehead atoms. The molecule has 0 aromatic heterocycles. The van der Waals surface area contributed by atoms with Gasteiger partial charge < -0.3 is 24.8 Å². The lowest BCUT2D eigenvalue weighted by molar-refractivity contribution is -0.0853. The van der Waals surface area contributed by atoms with Gasteiger partial charge in [0.2, 0.25) is 0 Å². The van der Waals surface area contributed by atoms with Gasteiger partial charge in [0.15, 0.2) is 0 Å². The van der Waals surface area contributed by atoms with Crippen LogP contribution in [-0.4, -0.2) is 51.1 Å². The van der Waals surface area contributed by atoms with Crippen LogP contribution in [0.3, 0.4) is 0 Å². The minimum atomic E-state index is -0.198. The zero-order valence-electron chi connectivity index (χ0n) is 12.5. The van der Waals surface area contributed by atoms with Gasteiger partial charge in [-0.25, -0.2) is 4.79 Å². The zero-order chi connectivity index (χ0) is 15.2. The van der Waals surface area contributed by atoms with E-state index in [-0.39, 0.29) is 18.2 Å². The molecule has 2 heterocycles. The van der Waals surface area contributed by atoms with Crippen molar-refractivity contribution in [2.45, 2.75) is 25.2 Å². The molecule has 3 rings (SSSR count). The molecule has 22 heavy (non-hydrogen) atoms. The number of hydrogen-bond acceptors (Lipinski definition) is 4. The van der Waals surface area contributed by atoms with Crippen LogP contribution < -0.4 is 10.6 Å². The Kier molecular flexibility index (Phi) is 5.26. The fourth-order valence-electron chi connectivity index (χ4n) is 2.67. The molecule has 1 saturated heterocycles. The van der Waals surface area contributed by atoms with E-state index in [0.29, 0.717) is 39.5 Å². The molecule has 1 aromatic carbocycles. The second kappa shape index (κ2) is 7.58. The van der Waals surface area contributed by atoms with Crippen LogP contribution in [0.15, 0.2) is 24.3 Å². The largest absolute Gasteiger partial charge is 0.376 e. The van der Waals surface area contributed by atoms with Crippen LogP contribution in [0, 0.1) is 0 Å². The van der Waals surface area contributed by atoms with Gasteiger partial charge in [0, 0.05) is 19.5 Å². The number of carbonyl (C=O) groups excluding carboxylic acids is 1. The van der Waals surface area contributed by atoms with Crippen molar-refractivity contribution in [1.82, 2.24) is 10.6 Å². The number of benzene rings is 1. The predicted octanol–water partition coefficient (Wildman–Crippen LogP) is 0.843. The number of fused-ring (bicyclic) bond motifs is 1. The fraction of sp³-hybridized carbons (Fsp3) is 0.562. The molecule has 2 atom stereocenters. The van der Waals surface area contributed by atoms with E-state index < -0.39 is 0 Å². The van der Waals surface area contributed by atoms with Crippen molar-refractivity contribution >= 4 is 6.03 Å². The molecule has 2 amide bonds. The van der Waals surface area contributed by atoms with Crippen molar-refractivity contribution in [2.75, 3.05) is 32.9 Å². The Morgan fingerprint density at radius 2 is 1.82 bits per heavy atom. The average molecular weight is 306 g/mol. The summed E-state index contributed by atoms with van der Waals surface area (Å²) in [5.74, 6) is 0. The standard InChI is InChI=1S/C16H22N2O4/c19-16(18-9-15-11-20-5-6-21-15)17-8-14-7-12-3-1-2-4-13(12)10-22-14/h1-4,14-15H,5-11H2,(H2,17,18,19)/t14-,15?/m0/s1. The molecular weight excluding hydrogens is 284 g/mol. The highest BCUT2D eigenvalue weighted by molar-refractivity contribution is 5.73. The summed E-state index contributed by atoms with van der Waals surface area (Å²) in [6.45, 7) is 3.31. The van der Waals surface area contributed by atoms with Gasteiger partial charge in [0.1, 0.15) is 0 Å². The minimum absolute atomic E-state index is 0.0231. The average Bonchev–Trinajstić information content (AvgIpc) is 2.59. The highest BCUT2D eigenvalue weighted by Gasteiger charge is 2.20. The molecule has 120 valence electrons. The van der Waals surface area contributed by atoms with Crippen LogP contribution in [-0.2, 0) is 27.2 Å². The number of rotatable bonds is 4. The van der Waals surface area contributed by atoms with E-state index in [2.05, 4.69) is 22.8 Å². The van der Waals surface area contributed by atoms with E-state index in [1.165, 1.54) is 11.1 Å². The van der Waals surface area contributed by atoms with E-state index in [1.807, 2.05) is 12.1 Å². The summed E-state index contributed by atoms with van der Waals surface area (Å²) in [6.07, 6.45) is 0.794. The second-order valence-electron chi connectivity index (χ2n) is 5.56. The molecule has 6 nitrogen and oxygen atoms in total. The molecule has 0 radical (unpaired) electrons. The van der Waals surface area contributed by atoms with Gasteiger partial charge in [-0.2, -0.15) is 0 Å². The lowest BCUT2D eigenvalue weighted by atomic mass is 9.99. The summed E-state index contributed by atoms with van der Waals surface area (Å²) in [5, 5.41) is 5.65. The Morgan fingerprint density at radius 1 is 1.05 bits per heavy atom. The summed E-state index contributed by atoms with van der Waals surface area (Å²) in [5.41, 5.74) is 2.53. The van der Waals surface area contributed by atoms with E-state index in [4.69, 9.17) is 14.2 Å². The van der Waals surface area contributed by atoms with Crippen molar-refractivity contribution in [1.29, 1.82) is 0 Å². The predicted molar refractivity (Wildman–Crippen MR) is 80.7 cm³/mol. The molecule has 6 heteroatoms. The quantitative estimate of drug-likeness (QED) is 0.865. The smallest absolute Gasteiger partial charge is 0.314 e. The topological polar surface area (TPSA) is 68.8 Å². The zero-order valence-corrected chi connectivity index (χ0v) is 12.5. The Labute approximate surface area is 130 Å². The molecule has 1 fully saturated rings. The van der Waals surface area contributed by atoms with Crippen molar-refractivity contribution in [3.8, 4) is 0 Å². The summed E-state index contributed by atoms with van der Waals surface area (Å²) >= 11 is 0. The number of urea groups is 1. The lowest BCUT2D eigenvalue weighted by Gasteiger charge is -2.26. The van der Waals surface area contributed by atoms with Crippen molar-refractivity contribution < 1.29 is 19.0 Å². The van der Waals surface area contributed by atoms with Gasteiger partial charge in [-0.1, -0.05) is 24.3 Å². The van der Waals surface area contributed by atoms with Crippen molar-refractivity contribution in [2.24, 2.45) is 0 Å². The molecule has 1 unspecified atom stereocenters. The van der Waals surface area contributed by atoms with Gasteiger partial charge in [-0.15, -0.1) is 0 Å². The lowest BCUT2D eigenvalue weighted by Crippen LogP contribution is -2.46. The van der Waals surface area contributed by atoms with E-state index in [9.17, 15) is 4.79 Å². The maximum atomic E-state index is 11.8. The van der Waals surface area contributed by atoms with E-state index in [1.54, 1.807) is 0 Å². The number of hydrogen-bond donors (Lipinski definition) is 2. The summed E-state index contributed by atoms with van der Waals surface area (Å²) in [6, 6.07) is 8.05. The van der Waals surface area contributed by atoms with Gasteiger partial charge >= 0.3 is 6.03 Å². The molecule has 2 N–H and O–H groups in total. The van der Waals surface area contributed by atoms with Gasteiger partial charge in [-0.05, 0) is 11.1 Å². The Hall–Kier alpha value is -1.63. The Morgan fingerprint density at radius 3 is 2.59 bits per heavy atom. The van der Waals surface area contributed by atoms with Crippen LogP contribution >= 0.6 is 0 Å². The third-order valence-corrected chi connectivity index (χ3v) is 3.91. The molecular formula is C16H22N2O4. The third kappa shape index (κ3) is 4.19. The highest BCUT2D eigenvalue weighted by Crippen LogP contribution is 2.19.